The van der Waals surface area contributed by atoms with Gasteiger partial charge >= 0.3 is 0 Å². The van der Waals surface area contributed by atoms with E-state index in [1.807, 2.05) is 0 Å². The molecule has 2 aromatic rings. The van der Waals surface area contributed by atoms with Gasteiger partial charge in [-0.15, -0.1) is 10.2 Å². The summed E-state index contributed by atoms with van der Waals surface area (Å²) in [6.45, 7) is 1.56. The van der Waals surface area contributed by atoms with Crippen molar-refractivity contribution >= 4 is 23.4 Å². The highest BCUT2D eigenvalue weighted by Gasteiger charge is 2.30. The number of halogens is 3. The molecule has 128 valence electrons. The Hall–Kier alpha value is -2.23. The van der Waals surface area contributed by atoms with Gasteiger partial charge in [0.25, 0.3) is 0 Å². The average molecular weight is 357 g/mol. The van der Waals surface area contributed by atoms with Crippen LogP contribution in [0.1, 0.15) is 31.5 Å². The maximum absolute atomic E-state index is 13.6. The fraction of sp³-hybridized carbons (Fsp3) is 0.357. The van der Waals surface area contributed by atoms with Gasteiger partial charge in [0.05, 0.1) is 10.9 Å². The molecule has 0 bridgehead atoms. The van der Waals surface area contributed by atoms with Crippen molar-refractivity contribution < 1.29 is 18.0 Å². The first kappa shape index (κ1) is 16.6. The van der Waals surface area contributed by atoms with Gasteiger partial charge in [0.15, 0.2) is 23.3 Å². The zero-order valence-corrected chi connectivity index (χ0v) is 13.4. The zero-order valence-electron chi connectivity index (χ0n) is 12.6. The summed E-state index contributed by atoms with van der Waals surface area (Å²) in [5.74, 6) is 1.86. The molecule has 0 unspecified atom stereocenters. The molecule has 0 spiro atoms. The van der Waals surface area contributed by atoms with Crippen LogP contribution in [0.4, 0.5) is 18.9 Å². The molecule has 1 atom stereocenters. The number of carbonyl (C=O) groups excluding carboxylic acids is 1. The number of thioether (sulfide) groups is 1. The number of benzene rings is 1. The molecule has 1 heterocycles. The second-order valence-electron chi connectivity index (χ2n) is 5.46. The first-order chi connectivity index (χ1) is 11.4. The molecule has 1 amide bonds. The Morgan fingerprint density at radius 1 is 1.33 bits per heavy atom. The second kappa shape index (κ2) is 6.34. The molecular formula is C14H14F3N5OS. The predicted octanol–water partition coefficient (Wildman–Crippen LogP) is 2.41. The smallest absolute Gasteiger partial charge is 0.237 e. The van der Waals surface area contributed by atoms with E-state index >= 15 is 0 Å². The van der Waals surface area contributed by atoms with Gasteiger partial charge in [-0.1, -0.05) is 11.8 Å². The minimum atomic E-state index is -1.64. The molecule has 6 nitrogen and oxygen atoms in total. The highest BCUT2D eigenvalue weighted by atomic mass is 32.2. The summed E-state index contributed by atoms with van der Waals surface area (Å²) in [6.07, 6.45) is 2.01. The molecule has 1 aromatic carbocycles. The summed E-state index contributed by atoms with van der Waals surface area (Å²) in [4.78, 5) is 12.1. The van der Waals surface area contributed by atoms with Crippen LogP contribution < -0.4 is 11.2 Å². The lowest BCUT2D eigenvalue weighted by Crippen LogP contribution is -2.24. The molecule has 1 saturated carbocycles. The van der Waals surface area contributed by atoms with Crippen molar-refractivity contribution in [1.82, 2.24) is 14.9 Å². The van der Waals surface area contributed by atoms with Crippen molar-refractivity contribution in [2.75, 3.05) is 11.2 Å². The number of rotatable bonds is 5. The number of aromatic nitrogens is 3. The van der Waals surface area contributed by atoms with Gasteiger partial charge in [-0.25, -0.2) is 17.8 Å². The van der Waals surface area contributed by atoms with Crippen molar-refractivity contribution in [3.63, 3.8) is 0 Å². The van der Waals surface area contributed by atoms with E-state index in [1.54, 1.807) is 6.92 Å². The third kappa shape index (κ3) is 3.18. The summed E-state index contributed by atoms with van der Waals surface area (Å²) >= 11 is 1.04. The maximum atomic E-state index is 13.6. The van der Waals surface area contributed by atoms with Crippen molar-refractivity contribution in [3.8, 4) is 0 Å². The number of nitrogens with one attached hydrogen (secondary N) is 1. The number of carbonyl (C=O) groups is 1. The van der Waals surface area contributed by atoms with Gasteiger partial charge < -0.3 is 11.2 Å². The number of nitrogens with two attached hydrogens (primary N) is 1. The van der Waals surface area contributed by atoms with Crippen LogP contribution in [0, 0.1) is 17.5 Å². The lowest BCUT2D eigenvalue weighted by atomic mass is 10.2. The van der Waals surface area contributed by atoms with Gasteiger partial charge in [-0.3, -0.25) is 4.79 Å². The molecule has 1 fully saturated rings. The lowest BCUT2D eigenvalue weighted by molar-refractivity contribution is -0.115. The predicted molar refractivity (Wildman–Crippen MR) is 82.4 cm³/mol. The SMILES string of the molecule is C[C@H](Sc1nnc(C2CC2)n1N)C(=O)Nc1ccc(F)c(F)c1F. The number of hydrogen-bond acceptors (Lipinski definition) is 5. The molecule has 0 radical (unpaired) electrons. The highest BCUT2D eigenvalue weighted by Crippen LogP contribution is 2.39. The molecule has 1 aliphatic carbocycles. The van der Waals surface area contributed by atoms with Crippen molar-refractivity contribution in [2.45, 2.75) is 36.1 Å². The van der Waals surface area contributed by atoms with Crippen molar-refractivity contribution in [3.05, 3.63) is 35.4 Å². The summed E-state index contributed by atoms with van der Waals surface area (Å²) in [6, 6.07) is 1.70. The normalized spacial score (nSPS) is 15.3. The molecule has 10 heteroatoms. The second-order valence-corrected chi connectivity index (χ2v) is 6.77. The summed E-state index contributed by atoms with van der Waals surface area (Å²) in [7, 11) is 0. The Balaban J connectivity index is 1.68. The van der Waals surface area contributed by atoms with Gasteiger partial charge in [0.2, 0.25) is 11.1 Å². The topological polar surface area (TPSA) is 85.8 Å². The van der Waals surface area contributed by atoms with E-state index in [2.05, 4.69) is 15.5 Å². The first-order valence-corrected chi connectivity index (χ1v) is 8.08. The molecule has 3 N–H and O–H groups in total. The fourth-order valence-electron chi connectivity index (χ4n) is 2.06. The van der Waals surface area contributed by atoms with Gasteiger partial charge in [-0.2, -0.15) is 0 Å². The average Bonchev–Trinajstić information content (AvgIpc) is 3.33. The van der Waals surface area contributed by atoms with Gasteiger partial charge in [0, 0.05) is 5.92 Å². The van der Waals surface area contributed by atoms with Crippen LogP contribution in [0.2, 0.25) is 0 Å². The van der Waals surface area contributed by atoms with E-state index in [1.165, 1.54) is 4.68 Å². The monoisotopic (exact) mass is 357 g/mol. The molecule has 0 saturated heterocycles. The summed E-state index contributed by atoms with van der Waals surface area (Å²) in [5.41, 5.74) is -0.431. The molecule has 1 aromatic heterocycles. The Labute approximate surface area is 139 Å². The van der Waals surface area contributed by atoms with Crippen LogP contribution >= 0.6 is 11.8 Å². The molecular weight excluding hydrogens is 343 g/mol. The standard InChI is InChI=1S/C14H14F3N5OS/c1-6(24-14-21-20-12(22(14)18)7-2-3-7)13(23)19-9-5-4-8(15)10(16)11(9)17/h4-7H,2-3,18H2,1H3,(H,19,23)/t6-/m0/s1. The largest absolute Gasteiger partial charge is 0.336 e. The molecule has 24 heavy (non-hydrogen) atoms. The Morgan fingerprint density at radius 2 is 2.04 bits per heavy atom. The van der Waals surface area contributed by atoms with Gasteiger partial charge in [0.1, 0.15) is 0 Å². The van der Waals surface area contributed by atoms with E-state index in [9.17, 15) is 18.0 Å². The van der Waals surface area contributed by atoms with Crippen LogP contribution in [0.15, 0.2) is 17.3 Å². The van der Waals surface area contributed by atoms with Crippen molar-refractivity contribution in [2.24, 2.45) is 0 Å². The third-order valence-corrected chi connectivity index (χ3v) is 4.63. The molecule has 3 rings (SSSR count). The fourth-order valence-corrected chi connectivity index (χ4v) is 2.83. The third-order valence-electron chi connectivity index (χ3n) is 3.58. The van der Waals surface area contributed by atoms with E-state index in [4.69, 9.17) is 5.84 Å². The van der Waals surface area contributed by atoms with Gasteiger partial charge in [-0.05, 0) is 31.9 Å². The zero-order chi connectivity index (χ0) is 17.4. The number of amides is 1. The summed E-state index contributed by atoms with van der Waals surface area (Å²) in [5, 5.41) is 9.80. The Kier molecular flexibility index (Phi) is 4.39. The number of nitrogens with zero attached hydrogens (tertiary/aromatic N) is 3. The van der Waals surface area contributed by atoms with Crippen molar-refractivity contribution in [1.29, 1.82) is 0 Å². The number of hydrogen-bond donors (Lipinski definition) is 2. The maximum Gasteiger partial charge on any atom is 0.237 e. The minimum Gasteiger partial charge on any atom is -0.336 e. The minimum absolute atomic E-state index is 0.303. The van der Waals surface area contributed by atoms with Crippen LogP contribution in [0.25, 0.3) is 0 Å². The first-order valence-electron chi connectivity index (χ1n) is 7.20. The molecule has 1 aliphatic rings. The number of anilines is 1. The van der Waals surface area contributed by atoms with Crippen LogP contribution in [0.5, 0.6) is 0 Å². The molecule has 0 aliphatic heterocycles. The lowest BCUT2D eigenvalue weighted by Gasteiger charge is -2.12. The highest BCUT2D eigenvalue weighted by molar-refractivity contribution is 8.00. The quantitative estimate of drug-likeness (QED) is 0.488. The van der Waals surface area contributed by atoms with E-state index in [0.717, 1.165) is 36.7 Å². The van der Waals surface area contributed by atoms with Crippen LogP contribution in [-0.2, 0) is 4.79 Å². The van der Waals surface area contributed by atoms with Crippen LogP contribution in [0.3, 0.4) is 0 Å². The van der Waals surface area contributed by atoms with E-state index in [0.29, 0.717) is 16.9 Å². The van der Waals surface area contributed by atoms with E-state index in [-0.39, 0.29) is 0 Å². The number of nitrogen functional groups attached to an aromatic ring is 1. The summed E-state index contributed by atoms with van der Waals surface area (Å²) < 4.78 is 41.0. The van der Waals surface area contributed by atoms with E-state index < -0.39 is 34.3 Å². The van der Waals surface area contributed by atoms with Crippen LogP contribution in [-0.4, -0.2) is 26.0 Å². The Morgan fingerprint density at radius 3 is 2.71 bits per heavy atom. The Bertz CT molecular complexity index is 793.